The number of amides is 2. The first-order valence-corrected chi connectivity index (χ1v) is 14.0. The lowest BCUT2D eigenvalue weighted by atomic mass is 10.0. The Bertz CT molecular complexity index is 1800. The molecule has 2 amide bonds. The molecule has 0 aromatic heterocycles. The molecule has 0 spiro atoms. The molecule has 0 bridgehead atoms. The molecule has 5 nitrogen and oxygen atoms in total. The first-order valence-electron chi connectivity index (χ1n) is 13.6. The van der Waals surface area contributed by atoms with E-state index in [0.717, 1.165) is 22.3 Å². The molecule has 5 aromatic rings. The molecule has 0 saturated carbocycles. The summed E-state index contributed by atoms with van der Waals surface area (Å²) in [5.74, 6) is -1.10. The first kappa shape index (κ1) is 29.0. The molecule has 0 saturated heterocycles. The van der Waals surface area contributed by atoms with Crippen molar-refractivity contribution in [2.75, 3.05) is 5.32 Å². The number of benzene rings is 5. The molecule has 6 heteroatoms. The Morgan fingerprint density at radius 3 is 1.93 bits per heavy atom. The van der Waals surface area contributed by atoms with Crippen LogP contribution in [0, 0.1) is 0 Å². The Balaban J connectivity index is 1.33. The maximum absolute atomic E-state index is 13.4. The van der Waals surface area contributed by atoms with Gasteiger partial charge in [-0.3, -0.25) is 14.4 Å². The molecule has 210 valence electrons. The van der Waals surface area contributed by atoms with Crippen LogP contribution >= 0.6 is 11.6 Å². The molecule has 0 heterocycles. The van der Waals surface area contributed by atoms with Crippen molar-refractivity contribution >= 4 is 47.0 Å². The molecule has 5 aromatic carbocycles. The van der Waals surface area contributed by atoms with Crippen LogP contribution in [0.4, 0.5) is 5.69 Å². The number of hydrogen-bond donors (Lipinski definition) is 2. The largest absolute Gasteiger partial charge is 0.321 e. The van der Waals surface area contributed by atoms with Gasteiger partial charge in [0.1, 0.15) is 5.70 Å². The van der Waals surface area contributed by atoms with Crippen molar-refractivity contribution < 1.29 is 14.4 Å². The van der Waals surface area contributed by atoms with Crippen LogP contribution in [0.2, 0.25) is 5.02 Å². The lowest BCUT2D eigenvalue weighted by molar-refractivity contribution is -0.113. The van der Waals surface area contributed by atoms with E-state index in [4.69, 9.17) is 11.6 Å². The van der Waals surface area contributed by atoms with Gasteiger partial charge in [-0.2, -0.15) is 0 Å². The average molecular weight is 583 g/mol. The molecular formula is C37H27ClN2O3. The zero-order valence-electron chi connectivity index (χ0n) is 23.0. The van der Waals surface area contributed by atoms with Crippen molar-refractivity contribution in [1.82, 2.24) is 5.32 Å². The van der Waals surface area contributed by atoms with Crippen LogP contribution in [-0.4, -0.2) is 17.6 Å². The average Bonchev–Trinajstić information content (AvgIpc) is 3.05. The summed E-state index contributed by atoms with van der Waals surface area (Å²) >= 11 is 6.01. The fraction of sp³-hybridized carbons (Fsp3) is 0. The van der Waals surface area contributed by atoms with Gasteiger partial charge in [0.2, 0.25) is 0 Å². The quantitative estimate of drug-likeness (QED) is 0.135. The highest BCUT2D eigenvalue weighted by Crippen LogP contribution is 2.21. The Labute approximate surface area is 255 Å². The van der Waals surface area contributed by atoms with E-state index in [0.29, 0.717) is 21.8 Å². The summed E-state index contributed by atoms with van der Waals surface area (Å²) in [5.41, 5.74) is 5.11. The predicted octanol–water partition coefficient (Wildman–Crippen LogP) is 8.31. The third kappa shape index (κ3) is 8.03. The number of rotatable bonds is 9. The molecule has 0 radical (unpaired) electrons. The van der Waals surface area contributed by atoms with Crippen molar-refractivity contribution in [3.05, 3.63) is 173 Å². The molecule has 5 rings (SSSR count). The fourth-order valence-electron chi connectivity index (χ4n) is 4.31. The summed E-state index contributed by atoms with van der Waals surface area (Å²) in [6.45, 7) is 0. The summed E-state index contributed by atoms with van der Waals surface area (Å²) in [6, 6.07) is 40.1. The van der Waals surface area contributed by atoms with Gasteiger partial charge in [0, 0.05) is 21.8 Å². The third-order valence-corrected chi connectivity index (χ3v) is 6.80. The summed E-state index contributed by atoms with van der Waals surface area (Å²) in [6.07, 6.45) is 4.80. The topological polar surface area (TPSA) is 75.3 Å². The van der Waals surface area contributed by atoms with Gasteiger partial charge in [0.15, 0.2) is 5.78 Å². The van der Waals surface area contributed by atoms with Gasteiger partial charge in [0.05, 0.1) is 0 Å². The van der Waals surface area contributed by atoms with Crippen molar-refractivity contribution in [3.8, 4) is 11.1 Å². The van der Waals surface area contributed by atoms with Crippen molar-refractivity contribution in [2.45, 2.75) is 0 Å². The SMILES string of the molecule is O=C(Nc1ccc(C(=O)/C=C/c2cccc(Cl)c2)cc1)/C(=C/c1ccc(-c2ccccc2)cc1)NC(=O)c1ccccc1. The number of halogens is 1. The summed E-state index contributed by atoms with van der Waals surface area (Å²) in [5, 5.41) is 6.16. The number of anilines is 1. The zero-order chi connectivity index (χ0) is 30.0. The minimum absolute atomic E-state index is 0.0749. The minimum Gasteiger partial charge on any atom is -0.321 e. The molecule has 2 N–H and O–H groups in total. The van der Waals surface area contributed by atoms with Crippen molar-refractivity contribution in [2.24, 2.45) is 0 Å². The zero-order valence-corrected chi connectivity index (χ0v) is 23.8. The van der Waals surface area contributed by atoms with E-state index in [2.05, 4.69) is 10.6 Å². The van der Waals surface area contributed by atoms with Gasteiger partial charge in [-0.05, 0) is 82.9 Å². The second kappa shape index (κ2) is 13.9. The number of nitrogens with one attached hydrogen (secondary N) is 2. The summed E-state index contributed by atoms with van der Waals surface area (Å²) < 4.78 is 0. The Morgan fingerprint density at radius 1 is 0.605 bits per heavy atom. The van der Waals surface area contributed by atoms with Gasteiger partial charge in [0.25, 0.3) is 11.8 Å². The first-order chi connectivity index (χ1) is 20.9. The van der Waals surface area contributed by atoms with Crippen molar-refractivity contribution in [1.29, 1.82) is 0 Å². The van der Waals surface area contributed by atoms with E-state index >= 15 is 0 Å². The van der Waals surface area contributed by atoms with Crippen LogP contribution in [0.1, 0.15) is 31.8 Å². The summed E-state index contributed by atoms with van der Waals surface area (Å²) in [4.78, 5) is 39.0. The third-order valence-electron chi connectivity index (χ3n) is 6.56. The van der Waals surface area contributed by atoms with Gasteiger partial charge < -0.3 is 10.6 Å². The number of allylic oxidation sites excluding steroid dienone is 1. The Morgan fingerprint density at radius 2 is 1.26 bits per heavy atom. The number of ketones is 1. The number of carbonyl (C=O) groups excluding carboxylic acids is 3. The highest BCUT2D eigenvalue weighted by Gasteiger charge is 2.15. The second-order valence-electron chi connectivity index (χ2n) is 9.65. The van der Waals surface area contributed by atoms with E-state index in [9.17, 15) is 14.4 Å². The highest BCUT2D eigenvalue weighted by atomic mass is 35.5. The number of hydrogen-bond acceptors (Lipinski definition) is 3. The van der Waals surface area contributed by atoms with E-state index in [-0.39, 0.29) is 11.5 Å². The Hall–Kier alpha value is -5.52. The maximum atomic E-state index is 13.4. The monoisotopic (exact) mass is 582 g/mol. The van der Waals surface area contributed by atoms with Crippen LogP contribution in [0.3, 0.4) is 0 Å². The predicted molar refractivity (Wildman–Crippen MR) is 174 cm³/mol. The van der Waals surface area contributed by atoms with E-state index in [1.807, 2.05) is 72.8 Å². The second-order valence-corrected chi connectivity index (χ2v) is 10.1. The smallest absolute Gasteiger partial charge is 0.272 e. The lowest BCUT2D eigenvalue weighted by Gasteiger charge is -2.12. The van der Waals surface area contributed by atoms with Gasteiger partial charge >= 0.3 is 0 Å². The Kier molecular flexibility index (Phi) is 9.37. The normalized spacial score (nSPS) is 11.2. The van der Waals surface area contributed by atoms with Crippen LogP contribution in [0.15, 0.2) is 145 Å². The number of carbonyl (C=O) groups is 3. The summed E-state index contributed by atoms with van der Waals surface area (Å²) in [7, 11) is 0. The van der Waals surface area contributed by atoms with Crippen LogP contribution in [0.25, 0.3) is 23.3 Å². The van der Waals surface area contributed by atoms with Crippen LogP contribution in [-0.2, 0) is 4.79 Å². The fourth-order valence-corrected chi connectivity index (χ4v) is 4.50. The molecule has 0 aliphatic carbocycles. The van der Waals surface area contributed by atoms with E-state index in [1.54, 1.807) is 72.8 Å². The van der Waals surface area contributed by atoms with E-state index < -0.39 is 11.8 Å². The highest BCUT2D eigenvalue weighted by molar-refractivity contribution is 6.30. The van der Waals surface area contributed by atoms with Crippen LogP contribution in [0.5, 0.6) is 0 Å². The molecule has 0 aliphatic rings. The molecule has 0 fully saturated rings. The minimum atomic E-state index is -0.503. The standard InChI is InChI=1S/C37H27ClN2O3/c38-32-13-7-8-26(24-32)16-23-35(41)30-19-21-33(22-20-30)39-37(43)34(40-36(42)31-11-5-2-6-12-31)25-27-14-17-29(18-15-27)28-9-3-1-4-10-28/h1-25H,(H,39,43)(H,40,42)/b23-16+,34-25-. The maximum Gasteiger partial charge on any atom is 0.272 e. The van der Waals surface area contributed by atoms with Crippen molar-refractivity contribution in [3.63, 3.8) is 0 Å². The molecular weight excluding hydrogens is 556 g/mol. The van der Waals surface area contributed by atoms with Crippen LogP contribution < -0.4 is 10.6 Å². The van der Waals surface area contributed by atoms with E-state index in [1.165, 1.54) is 6.08 Å². The molecule has 43 heavy (non-hydrogen) atoms. The lowest BCUT2D eigenvalue weighted by Crippen LogP contribution is -2.30. The van der Waals surface area contributed by atoms with Gasteiger partial charge in [-0.15, -0.1) is 0 Å². The molecule has 0 aliphatic heterocycles. The van der Waals surface area contributed by atoms with Gasteiger partial charge in [-0.25, -0.2) is 0 Å². The molecule has 0 unspecified atom stereocenters. The van der Waals surface area contributed by atoms with Gasteiger partial charge in [-0.1, -0.05) is 103 Å². The molecule has 0 atom stereocenters.